The van der Waals surface area contributed by atoms with Gasteiger partial charge < -0.3 is 4.90 Å². The normalized spacial score (nSPS) is 21.2. The van der Waals surface area contributed by atoms with Gasteiger partial charge >= 0.3 is 6.18 Å². The van der Waals surface area contributed by atoms with Crippen LogP contribution in [0.4, 0.5) is 13.2 Å². The van der Waals surface area contributed by atoms with Crippen LogP contribution in [0.3, 0.4) is 0 Å². The topological polar surface area (TPSA) is 49.4 Å². The molecule has 8 heteroatoms. The zero-order chi connectivity index (χ0) is 20.8. The molecule has 0 heterocycles. The molecule has 1 fully saturated rings. The average molecular weight is 421 g/mol. The Morgan fingerprint density at radius 3 is 2.11 bits per heavy atom. The number of sulfonamides is 1. The van der Waals surface area contributed by atoms with Gasteiger partial charge in [0, 0.05) is 6.54 Å². The first-order chi connectivity index (χ1) is 13.1. The van der Waals surface area contributed by atoms with Crippen molar-refractivity contribution >= 4 is 10.0 Å². The van der Waals surface area contributed by atoms with Crippen LogP contribution in [0.1, 0.15) is 50.5 Å². The number of halogens is 3. The first kappa shape index (κ1) is 23.2. The Hall–Kier alpha value is -1.12. The average Bonchev–Trinajstić information content (AvgIpc) is 2.64. The SMILES string of the molecule is CN(C)CCCCC1CCC(CNS(=O)(=O)c2ccc(C(F)(F)F)cc2)CC1. The fourth-order valence-electron chi connectivity index (χ4n) is 3.72. The molecule has 0 spiro atoms. The molecular formula is C20H31F3N2O2S. The molecule has 0 amide bonds. The van der Waals surface area contributed by atoms with Gasteiger partial charge in [-0.05, 0) is 76.0 Å². The standard InChI is InChI=1S/C20H31F3N2O2S/c1-25(2)14-4-3-5-16-6-8-17(9-7-16)15-24-28(26,27)19-12-10-18(11-13-19)20(21,22)23/h10-13,16-17,24H,3-9,14-15H2,1-2H3. The molecule has 4 nitrogen and oxygen atoms in total. The Morgan fingerprint density at radius 2 is 1.57 bits per heavy atom. The smallest absolute Gasteiger partial charge is 0.309 e. The minimum atomic E-state index is -4.47. The van der Waals surface area contributed by atoms with Crippen molar-refractivity contribution in [3.63, 3.8) is 0 Å². The van der Waals surface area contributed by atoms with Crippen LogP contribution in [0.15, 0.2) is 29.2 Å². The number of nitrogens with zero attached hydrogens (tertiary/aromatic N) is 1. The van der Waals surface area contributed by atoms with Crippen LogP contribution in [0.25, 0.3) is 0 Å². The van der Waals surface area contributed by atoms with Crippen molar-refractivity contribution in [1.82, 2.24) is 9.62 Å². The third kappa shape index (κ3) is 7.37. The lowest BCUT2D eigenvalue weighted by atomic mass is 9.80. The fourth-order valence-corrected chi connectivity index (χ4v) is 4.84. The Balaban J connectivity index is 1.75. The number of nitrogens with one attached hydrogen (secondary N) is 1. The number of hydrogen-bond acceptors (Lipinski definition) is 3. The summed E-state index contributed by atoms with van der Waals surface area (Å²) in [6.45, 7) is 1.46. The maximum atomic E-state index is 12.6. The molecule has 1 N–H and O–H groups in total. The van der Waals surface area contributed by atoms with Crippen molar-refractivity contribution in [3.05, 3.63) is 29.8 Å². The second-order valence-electron chi connectivity index (χ2n) is 8.06. The summed E-state index contributed by atoms with van der Waals surface area (Å²) in [5.41, 5.74) is -0.852. The number of hydrogen-bond donors (Lipinski definition) is 1. The van der Waals surface area contributed by atoms with E-state index in [1.807, 2.05) is 0 Å². The molecular weight excluding hydrogens is 389 g/mol. The van der Waals surface area contributed by atoms with E-state index < -0.39 is 21.8 Å². The molecule has 0 atom stereocenters. The van der Waals surface area contributed by atoms with Crippen molar-refractivity contribution in [3.8, 4) is 0 Å². The molecule has 1 saturated carbocycles. The summed E-state index contributed by atoms with van der Waals surface area (Å²) in [5, 5.41) is 0. The first-order valence-electron chi connectivity index (χ1n) is 9.89. The van der Waals surface area contributed by atoms with E-state index in [1.54, 1.807) is 0 Å². The van der Waals surface area contributed by atoms with Crippen molar-refractivity contribution in [2.45, 2.75) is 56.0 Å². The van der Waals surface area contributed by atoms with Crippen molar-refractivity contribution in [1.29, 1.82) is 0 Å². The molecule has 160 valence electrons. The van der Waals surface area contributed by atoms with E-state index in [4.69, 9.17) is 0 Å². The van der Waals surface area contributed by atoms with Gasteiger partial charge in [-0.2, -0.15) is 13.2 Å². The highest BCUT2D eigenvalue weighted by Crippen LogP contribution is 2.32. The van der Waals surface area contributed by atoms with Crippen molar-refractivity contribution in [2.24, 2.45) is 11.8 Å². The van der Waals surface area contributed by atoms with E-state index in [9.17, 15) is 21.6 Å². The Labute approximate surface area is 166 Å². The Bertz CT molecular complexity index is 695. The summed E-state index contributed by atoms with van der Waals surface area (Å²) in [6.07, 6.45) is 3.43. The number of unbranched alkanes of at least 4 members (excludes halogenated alkanes) is 1. The predicted molar refractivity (Wildman–Crippen MR) is 104 cm³/mol. The molecule has 0 aromatic heterocycles. The molecule has 2 rings (SSSR count). The highest BCUT2D eigenvalue weighted by Gasteiger charge is 2.30. The van der Waals surface area contributed by atoms with Gasteiger partial charge in [-0.1, -0.05) is 25.7 Å². The van der Waals surface area contributed by atoms with Gasteiger partial charge in [0.05, 0.1) is 10.5 Å². The molecule has 0 bridgehead atoms. The van der Waals surface area contributed by atoms with Gasteiger partial charge in [0.25, 0.3) is 0 Å². The first-order valence-corrected chi connectivity index (χ1v) is 11.4. The van der Waals surface area contributed by atoms with Gasteiger partial charge in [0.2, 0.25) is 10.0 Å². The van der Waals surface area contributed by atoms with E-state index in [2.05, 4.69) is 23.7 Å². The van der Waals surface area contributed by atoms with E-state index in [-0.39, 0.29) is 4.90 Å². The highest BCUT2D eigenvalue weighted by molar-refractivity contribution is 7.89. The van der Waals surface area contributed by atoms with Crippen LogP contribution in [-0.4, -0.2) is 40.5 Å². The largest absolute Gasteiger partial charge is 0.416 e. The molecule has 1 aliphatic rings. The van der Waals surface area contributed by atoms with Gasteiger partial charge in [0.15, 0.2) is 0 Å². The fraction of sp³-hybridized carbons (Fsp3) is 0.700. The molecule has 1 aliphatic carbocycles. The lowest BCUT2D eigenvalue weighted by Crippen LogP contribution is -2.31. The zero-order valence-electron chi connectivity index (χ0n) is 16.6. The summed E-state index contributed by atoms with van der Waals surface area (Å²) in [7, 11) is 0.377. The van der Waals surface area contributed by atoms with Gasteiger partial charge in [0.1, 0.15) is 0 Å². The van der Waals surface area contributed by atoms with Gasteiger partial charge in [-0.25, -0.2) is 13.1 Å². The predicted octanol–water partition coefficient (Wildman–Crippen LogP) is 4.52. The van der Waals surface area contributed by atoms with Crippen LogP contribution < -0.4 is 4.72 Å². The molecule has 28 heavy (non-hydrogen) atoms. The summed E-state index contributed by atoms with van der Waals surface area (Å²) in [6, 6.07) is 3.62. The third-order valence-corrected chi connectivity index (χ3v) is 6.93. The Morgan fingerprint density at radius 1 is 1.00 bits per heavy atom. The van der Waals surface area contributed by atoms with Crippen molar-refractivity contribution in [2.75, 3.05) is 27.2 Å². The number of benzene rings is 1. The van der Waals surface area contributed by atoms with Crippen molar-refractivity contribution < 1.29 is 21.6 Å². The second-order valence-corrected chi connectivity index (χ2v) is 9.83. The van der Waals surface area contributed by atoms with Crippen LogP contribution in [0, 0.1) is 11.8 Å². The maximum Gasteiger partial charge on any atom is 0.416 e. The third-order valence-electron chi connectivity index (χ3n) is 5.49. The van der Waals surface area contributed by atoms with Crippen LogP contribution in [0.2, 0.25) is 0 Å². The number of alkyl halides is 3. The van der Waals surface area contributed by atoms with Crippen LogP contribution in [0.5, 0.6) is 0 Å². The molecule has 1 aromatic carbocycles. The summed E-state index contributed by atoms with van der Waals surface area (Å²) in [5.74, 6) is 1.02. The lowest BCUT2D eigenvalue weighted by Gasteiger charge is -2.28. The van der Waals surface area contributed by atoms with E-state index in [0.717, 1.165) is 62.4 Å². The minimum absolute atomic E-state index is 0.130. The lowest BCUT2D eigenvalue weighted by molar-refractivity contribution is -0.137. The van der Waals surface area contributed by atoms with E-state index >= 15 is 0 Å². The maximum absolute atomic E-state index is 12.6. The molecule has 0 radical (unpaired) electrons. The quantitative estimate of drug-likeness (QED) is 0.598. The van der Waals surface area contributed by atoms with Gasteiger partial charge in [-0.3, -0.25) is 0 Å². The summed E-state index contributed by atoms with van der Waals surface area (Å²) in [4.78, 5) is 2.06. The van der Waals surface area contributed by atoms with Gasteiger partial charge in [-0.15, -0.1) is 0 Å². The van der Waals surface area contributed by atoms with Crippen LogP contribution >= 0.6 is 0 Å². The molecule has 0 unspecified atom stereocenters. The number of rotatable bonds is 9. The van der Waals surface area contributed by atoms with E-state index in [1.165, 1.54) is 19.3 Å². The second kappa shape index (κ2) is 10.1. The monoisotopic (exact) mass is 420 g/mol. The van der Waals surface area contributed by atoms with Crippen LogP contribution in [-0.2, 0) is 16.2 Å². The molecule has 1 aromatic rings. The highest BCUT2D eigenvalue weighted by atomic mass is 32.2. The molecule has 0 aliphatic heterocycles. The summed E-state index contributed by atoms with van der Waals surface area (Å²) < 4.78 is 65.0. The Kier molecular flexibility index (Phi) is 8.33. The zero-order valence-corrected chi connectivity index (χ0v) is 17.5. The minimum Gasteiger partial charge on any atom is -0.309 e. The summed E-state index contributed by atoms with van der Waals surface area (Å²) >= 11 is 0. The van der Waals surface area contributed by atoms with E-state index in [0.29, 0.717) is 12.5 Å². The molecule has 0 saturated heterocycles.